The molecular formula is C22H34N4O3S. The minimum absolute atomic E-state index is 0.405. The second-order valence-corrected chi connectivity index (χ2v) is 9.00. The number of rotatable bonds is 9. The van der Waals surface area contributed by atoms with Crippen LogP contribution in [0, 0.1) is 5.92 Å². The Balaban J connectivity index is 1.32. The number of nitrogens with one attached hydrogen (secondary N) is 2. The lowest BCUT2D eigenvalue weighted by molar-refractivity contribution is -0.136. The van der Waals surface area contributed by atoms with E-state index < -0.39 is 11.8 Å². The summed E-state index contributed by atoms with van der Waals surface area (Å²) in [7, 11) is 0. The molecule has 8 heteroatoms. The monoisotopic (exact) mass is 434 g/mol. The highest BCUT2D eigenvalue weighted by Crippen LogP contribution is 2.15. The van der Waals surface area contributed by atoms with Crippen molar-refractivity contribution in [3.8, 4) is 0 Å². The highest BCUT2D eigenvalue weighted by atomic mass is 32.2. The Morgan fingerprint density at radius 2 is 1.80 bits per heavy atom. The van der Waals surface area contributed by atoms with Gasteiger partial charge in [-0.15, -0.1) is 0 Å². The molecule has 0 bridgehead atoms. The fraction of sp³-hybridized carbons (Fsp3) is 0.636. The average Bonchev–Trinajstić information content (AvgIpc) is 3.24. The smallest absolute Gasteiger partial charge is 0.313 e. The number of nitrogens with zero attached hydrogens (tertiary/aromatic N) is 2. The van der Waals surface area contributed by atoms with Gasteiger partial charge in [-0.1, -0.05) is 12.1 Å². The first-order valence-electron chi connectivity index (χ1n) is 10.8. The summed E-state index contributed by atoms with van der Waals surface area (Å²) in [4.78, 5) is 29.2. The van der Waals surface area contributed by atoms with E-state index in [1.165, 1.54) is 5.56 Å². The standard InChI is InChI=1S/C22H34N4O3S/c1-30-15-7-18-2-4-20(5-3-18)24-22(28)21(27)23-16-19-6-8-26(17-19)10-9-25-11-13-29-14-12-25/h2-5,19H,6-17H2,1H3,(H,23,27)(H,24,28)/t19-/m0/s1. The number of carbonyl (C=O) groups excluding carboxylic acids is 2. The highest BCUT2D eigenvalue weighted by Gasteiger charge is 2.24. The summed E-state index contributed by atoms with van der Waals surface area (Å²) < 4.78 is 5.39. The van der Waals surface area contributed by atoms with Gasteiger partial charge in [-0.05, 0) is 55.0 Å². The van der Waals surface area contributed by atoms with Crippen LogP contribution in [0.3, 0.4) is 0 Å². The minimum atomic E-state index is -0.603. The molecule has 2 aliphatic rings. The van der Waals surface area contributed by atoms with E-state index in [9.17, 15) is 9.59 Å². The lowest BCUT2D eigenvalue weighted by atomic mass is 10.1. The van der Waals surface area contributed by atoms with Gasteiger partial charge in [0, 0.05) is 45.0 Å². The van der Waals surface area contributed by atoms with Crippen LogP contribution in [0.2, 0.25) is 0 Å². The number of likely N-dealkylation sites (tertiary alicyclic amines) is 1. The van der Waals surface area contributed by atoms with Crippen molar-refractivity contribution in [2.24, 2.45) is 5.92 Å². The van der Waals surface area contributed by atoms with E-state index in [2.05, 4.69) is 26.7 Å². The molecule has 7 nitrogen and oxygen atoms in total. The van der Waals surface area contributed by atoms with Gasteiger partial charge in [0.1, 0.15) is 0 Å². The summed E-state index contributed by atoms with van der Waals surface area (Å²) in [5, 5.41) is 5.49. The Labute approximate surface area is 183 Å². The number of ether oxygens (including phenoxy) is 1. The van der Waals surface area contributed by atoms with Gasteiger partial charge >= 0.3 is 11.8 Å². The molecule has 0 aliphatic carbocycles. The summed E-state index contributed by atoms with van der Waals surface area (Å²) in [6.45, 7) is 8.40. The molecule has 2 N–H and O–H groups in total. The molecule has 1 atom stereocenters. The normalized spacial score (nSPS) is 20.2. The molecule has 0 unspecified atom stereocenters. The minimum Gasteiger partial charge on any atom is -0.379 e. The summed E-state index contributed by atoms with van der Waals surface area (Å²) in [5.74, 6) is 0.310. The van der Waals surface area contributed by atoms with Crippen LogP contribution in [0.1, 0.15) is 12.0 Å². The van der Waals surface area contributed by atoms with Gasteiger partial charge in [-0.3, -0.25) is 14.5 Å². The van der Waals surface area contributed by atoms with Crippen LogP contribution in [-0.2, 0) is 20.7 Å². The number of morpholine rings is 1. The van der Waals surface area contributed by atoms with E-state index in [1.807, 2.05) is 36.0 Å². The van der Waals surface area contributed by atoms with E-state index in [1.54, 1.807) is 0 Å². The Morgan fingerprint density at radius 1 is 1.07 bits per heavy atom. The van der Waals surface area contributed by atoms with Crippen LogP contribution in [0.15, 0.2) is 24.3 Å². The first-order chi connectivity index (χ1) is 14.6. The summed E-state index contributed by atoms with van der Waals surface area (Å²) >= 11 is 1.81. The topological polar surface area (TPSA) is 73.9 Å². The van der Waals surface area contributed by atoms with Crippen LogP contribution in [0.5, 0.6) is 0 Å². The molecule has 0 aromatic heterocycles. The Bertz CT molecular complexity index is 679. The van der Waals surface area contributed by atoms with Crippen LogP contribution in [-0.4, -0.2) is 92.6 Å². The fourth-order valence-electron chi connectivity index (χ4n) is 3.87. The highest BCUT2D eigenvalue weighted by molar-refractivity contribution is 7.98. The molecule has 0 saturated carbocycles. The molecule has 1 aromatic carbocycles. The first-order valence-corrected chi connectivity index (χ1v) is 12.2. The van der Waals surface area contributed by atoms with Crippen molar-refractivity contribution in [3.63, 3.8) is 0 Å². The number of amides is 2. The van der Waals surface area contributed by atoms with Crippen LogP contribution >= 0.6 is 11.8 Å². The van der Waals surface area contributed by atoms with Gasteiger partial charge in [0.25, 0.3) is 0 Å². The van der Waals surface area contributed by atoms with Gasteiger partial charge in [-0.2, -0.15) is 11.8 Å². The zero-order chi connectivity index (χ0) is 21.2. The molecule has 2 amide bonds. The SMILES string of the molecule is CSCCc1ccc(NC(=O)C(=O)NC[C@@H]2CCN(CCN3CCOCC3)C2)cc1. The number of hydrogen-bond donors (Lipinski definition) is 2. The van der Waals surface area contributed by atoms with Crippen molar-refractivity contribution in [2.45, 2.75) is 12.8 Å². The molecule has 2 aliphatic heterocycles. The maximum absolute atomic E-state index is 12.2. The maximum Gasteiger partial charge on any atom is 0.313 e. The largest absolute Gasteiger partial charge is 0.379 e. The van der Waals surface area contributed by atoms with Gasteiger partial charge in [-0.25, -0.2) is 0 Å². The van der Waals surface area contributed by atoms with E-state index in [0.717, 1.165) is 71.1 Å². The van der Waals surface area contributed by atoms with Gasteiger partial charge < -0.3 is 20.3 Å². The maximum atomic E-state index is 12.2. The third-order valence-electron chi connectivity index (χ3n) is 5.77. The van der Waals surface area contributed by atoms with Crippen molar-refractivity contribution in [3.05, 3.63) is 29.8 Å². The molecule has 166 valence electrons. The van der Waals surface area contributed by atoms with Crippen molar-refractivity contribution in [1.29, 1.82) is 0 Å². The van der Waals surface area contributed by atoms with Gasteiger partial charge in [0.05, 0.1) is 13.2 Å². The summed E-state index contributed by atoms with van der Waals surface area (Å²) in [6.07, 6.45) is 4.14. The molecule has 30 heavy (non-hydrogen) atoms. The number of thioether (sulfide) groups is 1. The molecule has 1 aromatic rings. The molecule has 2 fully saturated rings. The lowest BCUT2D eigenvalue weighted by Gasteiger charge is -2.28. The van der Waals surface area contributed by atoms with Gasteiger partial charge in [0.15, 0.2) is 0 Å². The van der Waals surface area contributed by atoms with Gasteiger partial charge in [0.2, 0.25) is 0 Å². The van der Waals surface area contributed by atoms with E-state index in [4.69, 9.17) is 4.74 Å². The van der Waals surface area contributed by atoms with Crippen LogP contribution in [0.4, 0.5) is 5.69 Å². The second-order valence-electron chi connectivity index (χ2n) is 8.01. The predicted molar refractivity (Wildman–Crippen MR) is 122 cm³/mol. The Kier molecular flexibility index (Phi) is 9.45. The van der Waals surface area contributed by atoms with E-state index in [0.29, 0.717) is 18.2 Å². The van der Waals surface area contributed by atoms with Crippen LogP contribution < -0.4 is 10.6 Å². The Morgan fingerprint density at radius 3 is 2.53 bits per heavy atom. The molecule has 0 spiro atoms. The number of anilines is 1. The molecule has 2 heterocycles. The van der Waals surface area contributed by atoms with Crippen molar-refractivity contribution >= 4 is 29.3 Å². The van der Waals surface area contributed by atoms with Crippen molar-refractivity contribution < 1.29 is 14.3 Å². The van der Waals surface area contributed by atoms with E-state index >= 15 is 0 Å². The third kappa shape index (κ3) is 7.58. The molecular weight excluding hydrogens is 400 g/mol. The Hall–Kier alpha value is -1.61. The summed E-state index contributed by atoms with van der Waals surface area (Å²) in [5.41, 5.74) is 1.88. The zero-order valence-corrected chi connectivity index (χ0v) is 18.7. The number of hydrogen-bond acceptors (Lipinski definition) is 6. The molecule has 0 radical (unpaired) electrons. The summed E-state index contributed by atoms with van der Waals surface area (Å²) in [6, 6.07) is 7.69. The predicted octanol–water partition coefficient (Wildman–Crippen LogP) is 1.30. The van der Waals surface area contributed by atoms with Crippen LogP contribution in [0.25, 0.3) is 0 Å². The number of aryl methyl sites for hydroxylation is 1. The average molecular weight is 435 g/mol. The van der Waals surface area contributed by atoms with Crippen molar-refractivity contribution in [2.75, 3.05) is 76.4 Å². The lowest BCUT2D eigenvalue weighted by Crippen LogP contribution is -2.41. The van der Waals surface area contributed by atoms with E-state index in [-0.39, 0.29) is 0 Å². The zero-order valence-electron chi connectivity index (χ0n) is 17.9. The number of carbonyl (C=O) groups is 2. The third-order valence-corrected chi connectivity index (χ3v) is 6.38. The quantitative estimate of drug-likeness (QED) is 0.571. The fourth-order valence-corrected chi connectivity index (χ4v) is 4.31. The number of benzene rings is 1. The first kappa shape index (κ1) is 23.1. The molecule has 2 saturated heterocycles. The molecule has 3 rings (SSSR count). The van der Waals surface area contributed by atoms with Crippen molar-refractivity contribution in [1.82, 2.24) is 15.1 Å². The second kappa shape index (κ2) is 12.3.